The third-order valence-corrected chi connectivity index (χ3v) is 3.81. The van der Waals surface area contributed by atoms with Crippen molar-refractivity contribution in [3.8, 4) is 5.75 Å². The van der Waals surface area contributed by atoms with Gasteiger partial charge in [-0.05, 0) is 13.0 Å². The monoisotopic (exact) mass is 288 g/mol. The fraction of sp³-hybridized carbons (Fsp3) is 0.571. The number of alkyl halides is 1. The summed E-state index contributed by atoms with van der Waals surface area (Å²) in [7, 11) is 1.35. The molecule has 2 N–H and O–H groups in total. The SMILES string of the molecule is COc1cc(F)c(C2CN(CCF)CCC2N)c(F)c1. The lowest BCUT2D eigenvalue weighted by Crippen LogP contribution is -2.46. The van der Waals surface area contributed by atoms with Crippen molar-refractivity contribution in [1.82, 2.24) is 4.90 Å². The maximum Gasteiger partial charge on any atom is 0.133 e. The number of hydrogen-bond donors (Lipinski definition) is 1. The number of nitrogens with two attached hydrogens (primary N) is 1. The number of nitrogens with zero attached hydrogens (tertiary/aromatic N) is 1. The molecule has 0 aliphatic carbocycles. The van der Waals surface area contributed by atoms with Crippen LogP contribution in [0, 0.1) is 11.6 Å². The molecule has 3 nitrogen and oxygen atoms in total. The molecule has 112 valence electrons. The Kier molecular flexibility index (Phi) is 4.88. The van der Waals surface area contributed by atoms with Gasteiger partial charge in [-0.15, -0.1) is 0 Å². The molecule has 0 bridgehead atoms. The van der Waals surface area contributed by atoms with Gasteiger partial charge in [-0.1, -0.05) is 0 Å². The molecule has 1 fully saturated rings. The van der Waals surface area contributed by atoms with Crippen molar-refractivity contribution in [1.29, 1.82) is 0 Å². The van der Waals surface area contributed by atoms with E-state index in [1.807, 2.05) is 4.90 Å². The smallest absolute Gasteiger partial charge is 0.133 e. The number of halogens is 3. The van der Waals surface area contributed by atoms with Gasteiger partial charge in [0.05, 0.1) is 7.11 Å². The number of rotatable bonds is 4. The lowest BCUT2D eigenvalue weighted by molar-refractivity contribution is 0.174. The van der Waals surface area contributed by atoms with E-state index >= 15 is 0 Å². The van der Waals surface area contributed by atoms with Crippen molar-refractivity contribution in [3.63, 3.8) is 0 Å². The van der Waals surface area contributed by atoms with E-state index in [1.165, 1.54) is 7.11 Å². The van der Waals surface area contributed by atoms with E-state index in [1.54, 1.807) is 0 Å². The summed E-state index contributed by atoms with van der Waals surface area (Å²) in [5.74, 6) is -1.66. The maximum absolute atomic E-state index is 14.1. The summed E-state index contributed by atoms with van der Waals surface area (Å²) in [4.78, 5) is 1.84. The Hall–Kier alpha value is -1.27. The van der Waals surface area contributed by atoms with Crippen molar-refractivity contribution in [2.45, 2.75) is 18.4 Å². The first-order valence-electron chi connectivity index (χ1n) is 6.63. The molecule has 0 aromatic heterocycles. The predicted octanol–water partition coefficient (Wildman–Crippen LogP) is 2.06. The maximum atomic E-state index is 14.1. The molecule has 1 aliphatic rings. The van der Waals surface area contributed by atoms with Gasteiger partial charge < -0.3 is 15.4 Å². The zero-order chi connectivity index (χ0) is 14.7. The summed E-state index contributed by atoms with van der Waals surface area (Å²) in [6.07, 6.45) is 0.593. The highest BCUT2D eigenvalue weighted by molar-refractivity contribution is 5.34. The molecular formula is C14H19F3N2O. The summed E-state index contributed by atoms with van der Waals surface area (Å²) >= 11 is 0. The van der Waals surface area contributed by atoms with Crippen LogP contribution in [-0.2, 0) is 0 Å². The van der Waals surface area contributed by atoms with Crippen molar-refractivity contribution in [2.75, 3.05) is 33.4 Å². The van der Waals surface area contributed by atoms with E-state index in [9.17, 15) is 13.2 Å². The molecule has 1 aromatic carbocycles. The molecule has 0 spiro atoms. The second-order valence-corrected chi connectivity index (χ2v) is 5.05. The number of methoxy groups -OCH3 is 1. The molecule has 6 heteroatoms. The molecule has 1 aromatic rings. The molecule has 2 rings (SSSR count). The summed E-state index contributed by atoms with van der Waals surface area (Å²) < 4.78 is 45.5. The van der Waals surface area contributed by atoms with Gasteiger partial charge >= 0.3 is 0 Å². The average molecular weight is 288 g/mol. The zero-order valence-corrected chi connectivity index (χ0v) is 11.4. The first kappa shape index (κ1) is 15.1. The Morgan fingerprint density at radius 1 is 1.35 bits per heavy atom. The van der Waals surface area contributed by atoms with Gasteiger partial charge in [0.1, 0.15) is 24.1 Å². The Bertz CT molecular complexity index is 447. The van der Waals surface area contributed by atoms with Crippen molar-refractivity contribution in [2.24, 2.45) is 5.73 Å². The molecule has 1 aliphatic heterocycles. The number of piperidine rings is 1. The van der Waals surface area contributed by atoms with Crippen LogP contribution < -0.4 is 10.5 Å². The van der Waals surface area contributed by atoms with E-state index in [0.717, 1.165) is 12.1 Å². The van der Waals surface area contributed by atoms with Crippen LogP contribution in [0.15, 0.2) is 12.1 Å². The highest BCUT2D eigenvalue weighted by atomic mass is 19.1. The quantitative estimate of drug-likeness (QED) is 0.921. The van der Waals surface area contributed by atoms with Crippen LogP contribution in [-0.4, -0.2) is 44.4 Å². The summed E-state index contributed by atoms with van der Waals surface area (Å²) in [5, 5.41) is 0. The first-order valence-corrected chi connectivity index (χ1v) is 6.63. The van der Waals surface area contributed by atoms with Crippen molar-refractivity contribution >= 4 is 0 Å². The normalized spacial score (nSPS) is 23.9. The van der Waals surface area contributed by atoms with E-state index in [-0.39, 0.29) is 23.9 Å². The van der Waals surface area contributed by atoms with Crippen LogP contribution >= 0.6 is 0 Å². The molecule has 0 amide bonds. The first-order chi connectivity index (χ1) is 9.56. The number of benzene rings is 1. The molecule has 20 heavy (non-hydrogen) atoms. The Morgan fingerprint density at radius 2 is 2.00 bits per heavy atom. The summed E-state index contributed by atoms with van der Waals surface area (Å²) in [6.45, 7) is 0.810. The molecule has 1 heterocycles. The summed E-state index contributed by atoms with van der Waals surface area (Å²) in [5.41, 5.74) is 5.97. The lowest BCUT2D eigenvalue weighted by atomic mass is 9.86. The van der Waals surface area contributed by atoms with Crippen molar-refractivity contribution < 1.29 is 17.9 Å². The minimum Gasteiger partial charge on any atom is -0.497 e. The largest absolute Gasteiger partial charge is 0.497 e. The van der Waals surface area contributed by atoms with Gasteiger partial charge in [-0.3, -0.25) is 0 Å². The van der Waals surface area contributed by atoms with Crippen LogP contribution in [0.4, 0.5) is 13.2 Å². The Morgan fingerprint density at radius 3 is 2.55 bits per heavy atom. The van der Waals surface area contributed by atoms with Crippen LogP contribution in [0.1, 0.15) is 17.9 Å². The molecule has 0 radical (unpaired) electrons. The molecule has 2 unspecified atom stereocenters. The highest BCUT2D eigenvalue weighted by Gasteiger charge is 2.32. The fourth-order valence-corrected chi connectivity index (χ4v) is 2.70. The Balaban J connectivity index is 2.29. The summed E-state index contributed by atoms with van der Waals surface area (Å²) in [6, 6.07) is 1.97. The predicted molar refractivity (Wildman–Crippen MR) is 70.7 cm³/mol. The van der Waals surface area contributed by atoms with Gasteiger partial charge in [-0.25, -0.2) is 13.2 Å². The third-order valence-electron chi connectivity index (χ3n) is 3.81. The van der Waals surface area contributed by atoms with Crippen LogP contribution in [0.25, 0.3) is 0 Å². The van der Waals surface area contributed by atoms with Gasteiger partial charge in [0, 0.05) is 42.7 Å². The van der Waals surface area contributed by atoms with Gasteiger partial charge in [0.2, 0.25) is 0 Å². The number of likely N-dealkylation sites (tertiary alicyclic amines) is 1. The topological polar surface area (TPSA) is 38.5 Å². The van der Waals surface area contributed by atoms with E-state index in [0.29, 0.717) is 19.5 Å². The molecule has 2 atom stereocenters. The van der Waals surface area contributed by atoms with Crippen molar-refractivity contribution in [3.05, 3.63) is 29.3 Å². The van der Waals surface area contributed by atoms with Gasteiger partial charge in [0.25, 0.3) is 0 Å². The van der Waals surface area contributed by atoms with Crippen LogP contribution in [0.3, 0.4) is 0 Å². The van der Waals surface area contributed by atoms with E-state index in [2.05, 4.69) is 0 Å². The van der Waals surface area contributed by atoms with Crippen LogP contribution in [0.5, 0.6) is 5.75 Å². The Labute approximate surface area is 116 Å². The van der Waals surface area contributed by atoms with Gasteiger partial charge in [0.15, 0.2) is 0 Å². The number of ether oxygens (including phenoxy) is 1. The second-order valence-electron chi connectivity index (χ2n) is 5.05. The standard InChI is InChI=1S/C14H19F3N2O/c1-20-9-6-11(16)14(12(17)7-9)10-8-19(5-3-15)4-2-13(10)18/h6-7,10,13H,2-5,8,18H2,1H3. The minimum absolute atomic E-state index is 0.0261. The minimum atomic E-state index is -0.663. The van der Waals surface area contributed by atoms with E-state index < -0.39 is 24.2 Å². The highest BCUT2D eigenvalue weighted by Crippen LogP contribution is 2.32. The fourth-order valence-electron chi connectivity index (χ4n) is 2.70. The van der Waals surface area contributed by atoms with E-state index in [4.69, 9.17) is 10.5 Å². The zero-order valence-electron chi connectivity index (χ0n) is 11.4. The second kappa shape index (κ2) is 6.45. The lowest BCUT2D eigenvalue weighted by Gasteiger charge is -2.37. The molecule has 0 saturated carbocycles. The average Bonchev–Trinajstić information content (AvgIpc) is 2.41. The van der Waals surface area contributed by atoms with Crippen LogP contribution in [0.2, 0.25) is 0 Å². The number of hydrogen-bond acceptors (Lipinski definition) is 3. The third kappa shape index (κ3) is 3.07. The van der Waals surface area contributed by atoms with Gasteiger partial charge in [-0.2, -0.15) is 0 Å². The molecular weight excluding hydrogens is 269 g/mol. The molecule has 1 saturated heterocycles.